The van der Waals surface area contributed by atoms with Gasteiger partial charge < -0.3 is 5.32 Å². The van der Waals surface area contributed by atoms with Crippen LogP contribution in [-0.2, 0) is 19.6 Å². The number of anilines is 2. The van der Waals surface area contributed by atoms with Gasteiger partial charge in [0.05, 0.1) is 48.8 Å². The van der Waals surface area contributed by atoms with E-state index in [2.05, 4.69) is 15.3 Å². The first kappa shape index (κ1) is 31.4. The molecule has 0 aliphatic carbocycles. The van der Waals surface area contributed by atoms with Gasteiger partial charge in [0.1, 0.15) is 23.7 Å². The average Bonchev–Trinajstić information content (AvgIpc) is 3.31. The van der Waals surface area contributed by atoms with Crippen LogP contribution in [0.2, 0.25) is 0 Å². The smallest absolute Gasteiger partial charge is 0.252 e. The van der Waals surface area contributed by atoms with Crippen molar-refractivity contribution < 1.29 is 31.2 Å². The van der Waals surface area contributed by atoms with Crippen molar-refractivity contribution in [1.29, 1.82) is 5.26 Å². The number of sulfonamides is 1. The Balaban J connectivity index is 1.89. The summed E-state index contributed by atoms with van der Waals surface area (Å²) in [6.07, 6.45) is 2.73. The molecule has 4 rings (SSSR count). The number of rotatable bonds is 11. The summed E-state index contributed by atoms with van der Waals surface area (Å²) in [6, 6.07) is 8.23. The van der Waals surface area contributed by atoms with E-state index in [-0.39, 0.29) is 36.3 Å². The van der Waals surface area contributed by atoms with Crippen LogP contribution in [-0.4, -0.2) is 61.4 Å². The van der Waals surface area contributed by atoms with Gasteiger partial charge in [0.15, 0.2) is 0 Å². The van der Waals surface area contributed by atoms with Crippen LogP contribution >= 0.6 is 0 Å². The standard InChI is InChI=1S/C29H29F3N6O4S/c1-19-4-2-3-5-24(19)27(28(39)36-22(6-10-30)7-11-31)37(23-15-21(32)17-34-18-23)29(40)25-9-13-43(41,42)38(25)26-14-20(16-33)8-12-35-26/h2-5,8,12,14-15,17-18,22,25,27H,6-7,9-11,13H2,1H3,(H,36,39)/t25-,27+/m0/s1. The van der Waals surface area contributed by atoms with Crippen LogP contribution in [0.25, 0.3) is 0 Å². The minimum atomic E-state index is -4.10. The van der Waals surface area contributed by atoms with Gasteiger partial charge in [0, 0.05) is 18.3 Å². The van der Waals surface area contributed by atoms with Crippen molar-refractivity contribution in [3.05, 3.63) is 83.6 Å². The number of pyridine rings is 2. The molecule has 2 amide bonds. The van der Waals surface area contributed by atoms with Crippen molar-refractivity contribution in [2.24, 2.45) is 0 Å². The second kappa shape index (κ2) is 13.6. The second-order valence-corrected chi connectivity index (χ2v) is 11.9. The molecule has 3 heterocycles. The predicted molar refractivity (Wildman–Crippen MR) is 152 cm³/mol. The Morgan fingerprint density at radius 1 is 1.16 bits per heavy atom. The lowest BCUT2D eigenvalue weighted by atomic mass is 9.96. The highest BCUT2D eigenvalue weighted by molar-refractivity contribution is 7.93. The quantitative estimate of drug-likeness (QED) is 0.348. The fourth-order valence-corrected chi connectivity index (χ4v) is 6.71. The van der Waals surface area contributed by atoms with Crippen molar-refractivity contribution in [1.82, 2.24) is 15.3 Å². The molecule has 0 spiro atoms. The van der Waals surface area contributed by atoms with Gasteiger partial charge in [-0.05, 0) is 49.4 Å². The topological polar surface area (TPSA) is 136 Å². The Bertz CT molecular complexity index is 1630. The lowest BCUT2D eigenvalue weighted by molar-refractivity contribution is -0.127. The van der Waals surface area contributed by atoms with Gasteiger partial charge in [-0.1, -0.05) is 24.3 Å². The van der Waals surface area contributed by atoms with Crippen LogP contribution in [0.1, 0.15) is 42.0 Å². The number of amides is 2. The van der Waals surface area contributed by atoms with Crippen molar-refractivity contribution in [2.75, 3.05) is 28.3 Å². The predicted octanol–water partition coefficient (Wildman–Crippen LogP) is 3.68. The summed E-state index contributed by atoms with van der Waals surface area (Å²) < 4.78 is 68.3. The summed E-state index contributed by atoms with van der Waals surface area (Å²) in [7, 11) is -4.10. The number of benzene rings is 1. The third-order valence-corrected chi connectivity index (χ3v) is 8.87. The fraction of sp³-hybridized carbons (Fsp3) is 0.345. The van der Waals surface area contributed by atoms with E-state index in [4.69, 9.17) is 0 Å². The highest BCUT2D eigenvalue weighted by Crippen LogP contribution is 2.35. The minimum Gasteiger partial charge on any atom is -0.351 e. The van der Waals surface area contributed by atoms with Crippen molar-refractivity contribution in [3.63, 3.8) is 0 Å². The van der Waals surface area contributed by atoms with Gasteiger partial charge in [-0.25, -0.2) is 22.1 Å². The first-order valence-corrected chi connectivity index (χ1v) is 15.0. The Morgan fingerprint density at radius 3 is 2.53 bits per heavy atom. The molecule has 1 aliphatic heterocycles. The van der Waals surface area contributed by atoms with Gasteiger partial charge in [0.25, 0.3) is 5.91 Å². The van der Waals surface area contributed by atoms with Gasteiger partial charge in [-0.2, -0.15) is 5.26 Å². The van der Waals surface area contributed by atoms with E-state index in [9.17, 15) is 36.4 Å². The first-order chi connectivity index (χ1) is 20.6. The summed E-state index contributed by atoms with van der Waals surface area (Å²) in [5.74, 6) is -3.14. The number of nitrogens with zero attached hydrogens (tertiary/aromatic N) is 5. The maximum Gasteiger partial charge on any atom is 0.252 e. The highest BCUT2D eigenvalue weighted by atomic mass is 32.2. The molecule has 1 N–H and O–H groups in total. The SMILES string of the molecule is Cc1ccccc1[C@H](C(=O)NC(CCF)CCF)N(C(=O)[C@@H]1CCS(=O)(=O)N1c1cc(C#N)ccn1)c1cncc(F)c1. The maximum atomic E-state index is 14.5. The molecule has 1 aromatic carbocycles. The number of nitrogens with one attached hydrogen (secondary N) is 1. The van der Waals surface area contributed by atoms with Gasteiger partial charge in [-0.3, -0.25) is 28.3 Å². The van der Waals surface area contributed by atoms with E-state index in [1.54, 1.807) is 31.2 Å². The summed E-state index contributed by atoms with van der Waals surface area (Å²) in [5, 5.41) is 12.0. The first-order valence-electron chi connectivity index (χ1n) is 13.4. The van der Waals surface area contributed by atoms with Crippen LogP contribution in [0.5, 0.6) is 0 Å². The molecule has 1 aliphatic rings. The Morgan fingerprint density at radius 2 is 1.88 bits per heavy atom. The molecule has 0 bridgehead atoms. The second-order valence-electron chi connectivity index (χ2n) is 9.92. The number of carbonyl (C=O) groups is 2. The third kappa shape index (κ3) is 6.94. The van der Waals surface area contributed by atoms with Gasteiger partial charge >= 0.3 is 0 Å². The summed E-state index contributed by atoms with van der Waals surface area (Å²) >= 11 is 0. The minimum absolute atomic E-state index is 0.105. The molecule has 2 atom stereocenters. The molecular weight excluding hydrogens is 585 g/mol. The molecular formula is C29H29F3N6O4S. The zero-order valence-corrected chi connectivity index (χ0v) is 24.0. The summed E-state index contributed by atoms with van der Waals surface area (Å²) in [4.78, 5) is 37.4. The van der Waals surface area contributed by atoms with Gasteiger partial charge in [-0.15, -0.1) is 0 Å². The highest BCUT2D eigenvalue weighted by Gasteiger charge is 2.47. The molecule has 0 radical (unpaired) electrons. The monoisotopic (exact) mass is 614 g/mol. The van der Waals surface area contributed by atoms with Crippen LogP contribution in [0.4, 0.5) is 24.7 Å². The van der Waals surface area contributed by atoms with Crippen LogP contribution in [0.15, 0.2) is 61.1 Å². The Kier molecular flexibility index (Phi) is 9.97. The number of carbonyl (C=O) groups excluding carboxylic acids is 2. The van der Waals surface area contributed by atoms with E-state index < -0.39 is 64.9 Å². The molecule has 0 saturated carbocycles. The molecule has 1 saturated heterocycles. The van der Waals surface area contributed by atoms with E-state index in [1.165, 1.54) is 18.3 Å². The zero-order chi connectivity index (χ0) is 31.1. The van der Waals surface area contributed by atoms with E-state index in [1.807, 2.05) is 6.07 Å². The van der Waals surface area contributed by atoms with E-state index in [0.717, 1.165) is 27.7 Å². The molecule has 1 fully saturated rings. The molecule has 43 heavy (non-hydrogen) atoms. The largest absolute Gasteiger partial charge is 0.351 e. The Hall–Kier alpha value is -4.51. The van der Waals surface area contributed by atoms with E-state index in [0.29, 0.717) is 11.1 Å². The summed E-state index contributed by atoms with van der Waals surface area (Å²) in [6.45, 7) is 0.0204. The molecule has 10 nitrogen and oxygen atoms in total. The van der Waals surface area contributed by atoms with Crippen molar-refractivity contribution >= 4 is 33.3 Å². The number of halogens is 3. The number of hydrogen-bond acceptors (Lipinski definition) is 7. The maximum absolute atomic E-state index is 14.5. The normalized spacial score (nSPS) is 16.5. The van der Waals surface area contributed by atoms with Gasteiger partial charge in [0.2, 0.25) is 15.9 Å². The number of hydrogen-bond donors (Lipinski definition) is 1. The number of nitriles is 1. The molecule has 0 unspecified atom stereocenters. The van der Waals surface area contributed by atoms with Crippen molar-refractivity contribution in [3.8, 4) is 6.07 Å². The lowest BCUT2D eigenvalue weighted by Gasteiger charge is -2.36. The van der Waals surface area contributed by atoms with Crippen LogP contribution in [0.3, 0.4) is 0 Å². The Labute approximate surface area is 247 Å². The van der Waals surface area contributed by atoms with E-state index >= 15 is 0 Å². The zero-order valence-electron chi connectivity index (χ0n) is 23.2. The number of aromatic nitrogens is 2. The number of aryl methyl sites for hydroxylation is 1. The van der Waals surface area contributed by atoms with Crippen molar-refractivity contribution in [2.45, 2.75) is 44.3 Å². The molecule has 2 aromatic heterocycles. The molecule has 3 aromatic rings. The lowest BCUT2D eigenvalue weighted by Crippen LogP contribution is -2.53. The number of alkyl halides is 2. The molecule has 14 heteroatoms. The van der Waals surface area contributed by atoms with Crippen LogP contribution < -0.4 is 14.5 Å². The third-order valence-electron chi connectivity index (χ3n) is 7.07. The summed E-state index contributed by atoms with van der Waals surface area (Å²) in [5.41, 5.74) is 0.836. The fourth-order valence-electron chi connectivity index (χ4n) is 5.02. The molecule has 226 valence electrons. The van der Waals surface area contributed by atoms with Crippen LogP contribution in [0, 0.1) is 24.1 Å². The average molecular weight is 615 g/mol.